The van der Waals surface area contributed by atoms with E-state index in [-0.39, 0.29) is 6.54 Å². The van der Waals surface area contributed by atoms with Crippen molar-refractivity contribution in [2.45, 2.75) is 25.4 Å². The predicted octanol–water partition coefficient (Wildman–Crippen LogP) is 0.572. The molecule has 2 aliphatic rings. The molecule has 1 spiro atoms. The minimum Gasteiger partial charge on any atom is -0.480 e. The Morgan fingerprint density at radius 3 is 2.93 bits per heavy atom. The van der Waals surface area contributed by atoms with E-state index in [1.54, 1.807) is 7.11 Å². The van der Waals surface area contributed by atoms with E-state index in [4.69, 9.17) is 9.84 Å². The molecule has 1 saturated carbocycles. The van der Waals surface area contributed by atoms with Crippen LogP contribution in [0, 0.1) is 5.41 Å². The predicted molar refractivity (Wildman–Crippen MR) is 51.2 cm³/mol. The summed E-state index contributed by atoms with van der Waals surface area (Å²) in [4.78, 5) is 12.6. The molecule has 0 unspecified atom stereocenters. The minimum absolute atomic E-state index is 0.194. The van der Waals surface area contributed by atoms with E-state index in [2.05, 4.69) is 0 Å². The monoisotopic (exact) mass is 199 g/mol. The number of methoxy groups -OCH3 is 1. The van der Waals surface area contributed by atoms with Gasteiger partial charge < -0.3 is 9.84 Å². The SMILES string of the molecule is COC1CC2(CCN(CC(=O)O)C2)C1. The van der Waals surface area contributed by atoms with Crippen molar-refractivity contribution < 1.29 is 14.6 Å². The van der Waals surface area contributed by atoms with Crippen LogP contribution >= 0.6 is 0 Å². The molecule has 1 aliphatic heterocycles. The quantitative estimate of drug-likeness (QED) is 0.722. The first kappa shape index (κ1) is 9.93. The van der Waals surface area contributed by atoms with Crippen LogP contribution in [0.25, 0.3) is 0 Å². The molecule has 2 rings (SSSR count). The Balaban J connectivity index is 1.81. The number of carboxylic acid groups (broad SMARTS) is 1. The third-order valence-electron chi connectivity index (χ3n) is 3.53. The average Bonchev–Trinajstić information content (AvgIpc) is 2.44. The highest BCUT2D eigenvalue weighted by atomic mass is 16.5. The fourth-order valence-corrected chi connectivity index (χ4v) is 2.76. The zero-order chi connectivity index (χ0) is 10.2. The molecule has 0 aromatic carbocycles. The molecular weight excluding hydrogens is 182 g/mol. The smallest absolute Gasteiger partial charge is 0.317 e. The second-order valence-electron chi connectivity index (χ2n) is 4.62. The lowest BCUT2D eigenvalue weighted by atomic mass is 9.66. The van der Waals surface area contributed by atoms with Crippen molar-refractivity contribution in [1.82, 2.24) is 4.90 Å². The van der Waals surface area contributed by atoms with Crippen molar-refractivity contribution in [3.63, 3.8) is 0 Å². The van der Waals surface area contributed by atoms with Crippen molar-refractivity contribution in [3.8, 4) is 0 Å². The Morgan fingerprint density at radius 1 is 1.64 bits per heavy atom. The first-order chi connectivity index (χ1) is 6.63. The van der Waals surface area contributed by atoms with Gasteiger partial charge in [-0.05, 0) is 31.2 Å². The van der Waals surface area contributed by atoms with Crippen LogP contribution in [-0.4, -0.2) is 48.8 Å². The second-order valence-corrected chi connectivity index (χ2v) is 4.62. The van der Waals surface area contributed by atoms with Gasteiger partial charge in [-0.25, -0.2) is 0 Å². The molecule has 0 atom stereocenters. The van der Waals surface area contributed by atoms with Gasteiger partial charge in [0.25, 0.3) is 0 Å². The normalized spacial score (nSPS) is 37.4. The Labute approximate surface area is 83.8 Å². The highest BCUT2D eigenvalue weighted by Gasteiger charge is 2.48. The van der Waals surface area contributed by atoms with Crippen LogP contribution in [0.1, 0.15) is 19.3 Å². The summed E-state index contributed by atoms with van der Waals surface area (Å²) in [7, 11) is 1.75. The summed E-state index contributed by atoms with van der Waals surface area (Å²) in [5, 5.41) is 8.67. The van der Waals surface area contributed by atoms with Crippen molar-refractivity contribution >= 4 is 5.97 Å². The molecule has 2 fully saturated rings. The highest BCUT2D eigenvalue weighted by molar-refractivity contribution is 5.69. The van der Waals surface area contributed by atoms with Crippen molar-refractivity contribution in [2.24, 2.45) is 5.41 Å². The first-order valence-electron chi connectivity index (χ1n) is 5.10. The third-order valence-corrected chi connectivity index (χ3v) is 3.53. The van der Waals surface area contributed by atoms with Gasteiger partial charge in [-0.15, -0.1) is 0 Å². The molecular formula is C10H17NO3. The van der Waals surface area contributed by atoms with Gasteiger partial charge in [-0.2, -0.15) is 0 Å². The summed E-state index contributed by atoms with van der Waals surface area (Å²) in [6.07, 6.45) is 3.78. The van der Waals surface area contributed by atoms with Gasteiger partial charge in [0.2, 0.25) is 0 Å². The molecule has 4 nitrogen and oxygen atoms in total. The number of carboxylic acids is 1. The number of nitrogens with zero attached hydrogens (tertiary/aromatic N) is 1. The van der Waals surface area contributed by atoms with Crippen molar-refractivity contribution in [2.75, 3.05) is 26.7 Å². The van der Waals surface area contributed by atoms with Gasteiger partial charge in [-0.1, -0.05) is 0 Å². The van der Waals surface area contributed by atoms with Gasteiger partial charge in [0.05, 0.1) is 12.6 Å². The van der Waals surface area contributed by atoms with Crippen molar-refractivity contribution in [1.29, 1.82) is 0 Å². The molecule has 0 aromatic rings. The summed E-state index contributed by atoms with van der Waals surface area (Å²) in [6.45, 7) is 2.07. The molecule has 0 aromatic heterocycles. The Hall–Kier alpha value is -0.610. The number of hydrogen-bond donors (Lipinski definition) is 1. The fraction of sp³-hybridized carbons (Fsp3) is 0.900. The zero-order valence-electron chi connectivity index (χ0n) is 8.53. The van der Waals surface area contributed by atoms with Crippen LogP contribution in [0.4, 0.5) is 0 Å². The van der Waals surface area contributed by atoms with E-state index in [0.717, 1.165) is 32.4 Å². The molecule has 1 heterocycles. The van der Waals surface area contributed by atoms with Crippen LogP contribution in [0.15, 0.2) is 0 Å². The van der Waals surface area contributed by atoms with Gasteiger partial charge in [0.15, 0.2) is 0 Å². The standard InChI is InChI=1S/C10H17NO3/c1-14-8-4-10(5-8)2-3-11(7-10)6-9(12)13/h8H,2-7H2,1H3,(H,12,13). The lowest BCUT2D eigenvalue weighted by Crippen LogP contribution is -2.44. The third kappa shape index (κ3) is 1.77. The molecule has 14 heavy (non-hydrogen) atoms. The molecule has 1 saturated heterocycles. The number of ether oxygens (including phenoxy) is 1. The van der Waals surface area contributed by atoms with Crippen LogP contribution in [0.5, 0.6) is 0 Å². The maximum Gasteiger partial charge on any atom is 0.317 e. The molecule has 1 aliphatic carbocycles. The maximum atomic E-state index is 10.5. The van der Waals surface area contributed by atoms with Crippen LogP contribution < -0.4 is 0 Å². The van der Waals surface area contributed by atoms with Crippen LogP contribution in [0.3, 0.4) is 0 Å². The Bertz CT molecular complexity index is 236. The van der Waals surface area contributed by atoms with Gasteiger partial charge >= 0.3 is 5.97 Å². The molecule has 0 bridgehead atoms. The number of rotatable bonds is 3. The maximum absolute atomic E-state index is 10.5. The topological polar surface area (TPSA) is 49.8 Å². The lowest BCUT2D eigenvalue weighted by molar-refractivity contribution is -0.138. The Morgan fingerprint density at radius 2 is 2.36 bits per heavy atom. The summed E-state index contributed by atoms with van der Waals surface area (Å²) < 4.78 is 5.25. The number of carbonyl (C=O) groups is 1. The van der Waals surface area contributed by atoms with Crippen LogP contribution in [0.2, 0.25) is 0 Å². The van der Waals surface area contributed by atoms with E-state index in [1.165, 1.54) is 0 Å². The van der Waals surface area contributed by atoms with Crippen molar-refractivity contribution in [3.05, 3.63) is 0 Å². The molecule has 0 radical (unpaired) electrons. The molecule has 4 heteroatoms. The second kappa shape index (κ2) is 3.51. The summed E-state index contributed by atoms with van der Waals surface area (Å²) in [5.41, 5.74) is 0.385. The summed E-state index contributed by atoms with van der Waals surface area (Å²) in [5.74, 6) is -0.718. The summed E-state index contributed by atoms with van der Waals surface area (Å²) in [6, 6.07) is 0. The molecule has 0 amide bonds. The minimum atomic E-state index is -0.718. The van der Waals surface area contributed by atoms with E-state index >= 15 is 0 Å². The van der Waals surface area contributed by atoms with Gasteiger partial charge in [-0.3, -0.25) is 9.69 Å². The average molecular weight is 199 g/mol. The number of aliphatic carboxylic acids is 1. The van der Waals surface area contributed by atoms with E-state index in [1.807, 2.05) is 4.90 Å². The summed E-state index contributed by atoms with van der Waals surface area (Å²) >= 11 is 0. The van der Waals surface area contributed by atoms with Crippen LogP contribution in [-0.2, 0) is 9.53 Å². The number of hydrogen-bond acceptors (Lipinski definition) is 3. The zero-order valence-corrected chi connectivity index (χ0v) is 8.53. The Kier molecular flexibility index (Phi) is 2.49. The lowest BCUT2D eigenvalue weighted by Gasteiger charge is -2.44. The van der Waals surface area contributed by atoms with E-state index < -0.39 is 5.97 Å². The highest BCUT2D eigenvalue weighted by Crippen LogP contribution is 2.49. The molecule has 1 N–H and O–H groups in total. The number of likely N-dealkylation sites (tertiary alicyclic amines) is 1. The molecule has 80 valence electrons. The largest absolute Gasteiger partial charge is 0.480 e. The fourth-order valence-electron chi connectivity index (χ4n) is 2.76. The van der Waals surface area contributed by atoms with E-state index in [0.29, 0.717) is 11.5 Å². The van der Waals surface area contributed by atoms with E-state index in [9.17, 15) is 4.79 Å². The van der Waals surface area contributed by atoms with Gasteiger partial charge in [0.1, 0.15) is 0 Å². The van der Waals surface area contributed by atoms with Gasteiger partial charge in [0, 0.05) is 13.7 Å². The first-order valence-corrected chi connectivity index (χ1v) is 5.10.